The fraction of sp³-hybridized carbons (Fsp3) is 0.318. The van der Waals surface area contributed by atoms with Crippen LogP contribution in [0.25, 0.3) is 0 Å². The summed E-state index contributed by atoms with van der Waals surface area (Å²) in [5, 5.41) is 1.39. The van der Waals surface area contributed by atoms with Gasteiger partial charge in [-0.2, -0.15) is 0 Å². The second kappa shape index (κ2) is 9.73. The first-order valence-corrected chi connectivity index (χ1v) is 10.9. The van der Waals surface area contributed by atoms with E-state index in [1.54, 1.807) is 0 Å². The highest BCUT2D eigenvalue weighted by molar-refractivity contribution is 8.00. The Hall–Kier alpha value is -1.62. The molecule has 0 amide bonds. The van der Waals surface area contributed by atoms with Crippen LogP contribution in [-0.4, -0.2) is 20.9 Å². The number of hydrogen-bond donors (Lipinski definition) is 0. The molecule has 3 rings (SSSR count). The van der Waals surface area contributed by atoms with Gasteiger partial charge in [0.05, 0.1) is 12.9 Å². The Morgan fingerprint density at radius 1 is 1.14 bits per heavy atom. The molecule has 0 aliphatic carbocycles. The molecule has 28 heavy (non-hydrogen) atoms. The summed E-state index contributed by atoms with van der Waals surface area (Å²) >= 11 is 14.3. The van der Waals surface area contributed by atoms with Crippen LogP contribution in [0.5, 0.6) is 5.75 Å². The average molecular weight is 435 g/mol. The molecule has 0 spiro atoms. The summed E-state index contributed by atoms with van der Waals surface area (Å²) in [5.74, 6) is 0.899. The van der Waals surface area contributed by atoms with Crippen LogP contribution in [0, 0.1) is 0 Å². The maximum absolute atomic E-state index is 6.39. The van der Waals surface area contributed by atoms with E-state index in [9.17, 15) is 0 Å². The number of hydrogen-bond acceptors (Lipinski definition) is 3. The maximum Gasteiger partial charge on any atom is 0.119 e. The molecule has 0 saturated carbocycles. The Kier molecular flexibility index (Phi) is 7.33. The molecule has 0 N–H and O–H groups in total. The first kappa shape index (κ1) is 21.1. The molecule has 0 aliphatic rings. The zero-order valence-electron chi connectivity index (χ0n) is 16.1. The van der Waals surface area contributed by atoms with E-state index in [0.717, 1.165) is 35.7 Å². The monoisotopic (exact) mass is 434 g/mol. The van der Waals surface area contributed by atoms with Crippen LogP contribution in [0.1, 0.15) is 25.8 Å². The van der Waals surface area contributed by atoms with Crippen LogP contribution >= 0.6 is 35.0 Å². The molecule has 0 bridgehead atoms. The molecular weight excluding hydrogens is 411 g/mol. The van der Waals surface area contributed by atoms with Crippen molar-refractivity contribution in [2.24, 2.45) is 0 Å². The SMILES string of the molecule is CCOc1ccc(SC(C)(CCc2ccc(Cl)cc2Cl)Cn2ccnc2)cc1. The van der Waals surface area contributed by atoms with Crippen LogP contribution in [-0.2, 0) is 13.0 Å². The summed E-state index contributed by atoms with van der Waals surface area (Å²) in [6.07, 6.45) is 7.53. The van der Waals surface area contributed by atoms with Gasteiger partial charge in [-0.1, -0.05) is 29.3 Å². The number of thioether (sulfide) groups is 1. The molecule has 1 unspecified atom stereocenters. The van der Waals surface area contributed by atoms with Gasteiger partial charge >= 0.3 is 0 Å². The van der Waals surface area contributed by atoms with E-state index in [1.807, 2.05) is 67.7 Å². The van der Waals surface area contributed by atoms with Gasteiger partial charge in [-0.25, -0.2) is 4.98 Å². The van der Waals surface area contributed by atoms with Crippen LogP contribution in [0.2, 0.25) is 10.0 Å². The van der Waals surface area contributed by atoms with Gasteiger partial charge in [0.1, 0.15) is 5.75 Å². The fourth-order valence-corrected chi connectivity index (χ4v) is 4.87. The molecule has 3 nitrogen and oxygen atoms in total. The molecule has 0 saturated heterocycles. The molecule has 148 valence electrons. The summed E-state index contributed by atoms with van der Waals surface area (Å²) in [4.78, 5) is 5.40. The number of nitrogens with zero attached hydrogens (tertiary/aromatic N) is 2. The van der Waals surface area contributed by atoms with Crippen LogP contribution in [0.15, 0.2) is 66.1 Å². The van der Waals surface area contributed by atoms with Crippen molar-refractivity contribution in [1.82, 2.24) is 9.55 Å². The summed E-state index contributed by atoms with van der Waals surface area (Å²) in [5.41, 5.74) is 1.12. The Labute approximate surface area is 181 Å². The lowest BCUT2D eigenvalue weighted by Gasteiger charge is -2.30. The minimum Gasteiger partial charge on any atom is -0.494 e. The third-order valence-corrected chi connectivity index (χ3v) is 6.43. The Bertz CT molecular complexity index is 884. The van der Waals surface area contributed by atoms with Crippen molar-refractivity contribution in [2.75, 3.05) is 6.61 Å². The lowest BCUT2D eigenvalue weighted by atomic mass is 10.00. The first-order valence-electron chi connectivity index (χ1n) is 9.29. The topological polar surface area (TPSA) is 27.1 Å². The molecule has 0 radical (unpaired) electrons. The summed E-state index contributed by atoms with van der Waals surface area (Å²) in [7, 11) is 0. The van der Waals surface area contributed by atoms with E-state index in [1.165, 1.54) is 4.90 Å². The molecule has 6 heteroatoms. The van der Waals surface area contributed by atoms with Crippen molar-refractivity contribution in [1.29, 1.82) is 0 Å². The largest absolute Gasteiger partial charge is 0.494 e. The van der Waals surface area contributed by atoms with E-state index >= 15 is 0 Å². The minimum atomic E-state index is -0.0310. The highest BCUT2D eigenvalue weighted by Crippen LogP contribution is 2.39. The fourth-order valence-electron chi connectivity index (χ4n) is 3.11. The van der Waals surface area contributed by atoms with Crippen molar-refractivity contribution in [3.63, 3.8) is 0 Å². The number of halogens is 2. The second-order valence-corrected chi connectivity index (χ2v) is 9.43. The summed E-state index contributed by atoms with van der Waals surface area (Å²) in [6.45, 7) is 5.81. The van der Waals surface area contributed by atoms with Gasteiger partial charge in [-0.3, -0.25) is 0 Å². The van der Waals surface area contributed by atoms with E-state index in [2.05, 4.69) is 28.6 Å². The van der Waals surface area contributed by atoms with E-state index in [4.69, 9.17) is 27.9 Å². The van der Waals surface area contributed by atoms with Gasteiger partial charge in [0.25, 0.3) is 0 Å². The van der Waals surface area contributed by atoms with Crippen molar-refractivity contribution >= 4 is 35.0 Å². The Morgan fingerprint density at radius 2 is 1.93 bits per heavy atom. The quantitative estimate of drug-likeness (QED) is 0.347. The number of aromatic nitrogens is 2. The lowest BCUT2D eigenvalue weighted by molar-refractivity contribution is 0.340. The van der Waals surface area contributed by atoms with Crippen LogP contribution < -0.4 is 4.74 Å². The number of benzene rings is 2. The number of rotatable bonds is 9. The molecule has 0 aliphatic heterocycles. The van der Waals surface area contributed by atoms with E-state index in [0.29, 0.717) is 11.6 Å². The van der Waals surface area contributed by atoms with Crippen molar-refractivity contribution in [3.8, 4) is 5.75 Å². The first-order chi connectivity index (χ1) is 13.5. The summed E-state index contributed by atoms with van der Waals surface area (Å²) in [6, 6.07) is 14.0. The summed E-state index contributed by atoms with van der Waals surface area (Å²) < 4.78 is 7.66. The third-order valence-electron chi connectivity index (χ3n) is 4.51. The predicted octanol–water partition coefficient (Wildman–Crippen LogP) is 6.77. The third kappa shape index (κ3) is 5.94. The molecule has 1 atom stereocenters. The van der Waals surface area contributed by atoms with Crippen molar-refractivity contribution in [3.05, 3.63) is 76.8 Å². The molecule has 2 aromatic carbocycles. The molecule has 3 aromatic rings. The maximum atomic E-state index is 6.39. The molecule has 1 heterocycles. The number of ether oxygens (including phenoxy) is 1. The smallest absolute Gasteiger partial charge is 0.119 e. The second-order valence-electron chi connectivity index (χ2n) is 6.93. The number of aryl methyl sites for hydroxylation is 1. The standard InChI is InChI=1S/C22H24Cl2N2OS/c1-3-27-19-6-8-20(9-7-19)28-22(2,15-26-13-12-25-16-26)11-10-17-4-5-18(23)14-21(17)24/h4-9,12-14,16H,3,10-11,15H2,1-2H3. The Balaban J connectivity index is 1.76. The zero-order chi connectivity index (χ0) is 20.0. The molecular formula is C22H24Cl2N2OS. The number of imidazole rings is 1. The van der Waals surface area contributed by atoms with Gasteiger partial charge in [-0.05, 0) is 68.7 Å². The zero-order valence-corrected chi connectivity index (χ0v) is 18.4. The van der Waals surface area contributed by atoms with Gasteiger partial charge in [-0.15, -0.1) is 11.8 Å². The normalized spacial score (nSPS) is 13.3. The van der Waals surface area contributed by atoms with Gasteiger partial charge in [0.15, 0.2) is 0 Å². The minimum absolute atomic E-state index is 0.0310. The van der Waals surface area contributed by atoms with E-state index < -0.39 is 0 Å². The van der Waals surface area contributed by atoms with Crippen molar-refractivity contribution in [2.45, 2.75) is 42.9 Å². The predicted molar refractivity (Wildman–Crippen MR) is 119 cm³/mol. The van der Waals surface area contributed by atoms with Gasteiger partial charge in [0.2, 0.25) is 0 Å². The Morgan fingerprint density at radius 3 is 2.57 bits per heavy atom. The van der Waals surface area contributed by atoms with Gasteiger partial charge < -0.3 is 9.30 Å². The van der Waals surface area contributed by atoms with Gasteiger partial charge in [0, 0.05) is 38.6 Å². The molecule has 0 fully saturated rings. The molecule has 1 aromatic heterocycles. The van der Waals surface area contributed by atoms with Crippen LogP contribution in [0.4, 0.5) is 0 Å². The highest BCUT2D eigenvalue weighted by Gasteiger charge is 2.27. The highest BCUT2D eigenvalue weighted by atomic mass is 35.5. The lowest BCUT2D eigenvalue weighted by Crippen LogP contribution is -2.27. The van der Waals surface area contributed by atoms with Crippen molar-refractivity contribution < 1.29 is 4.74 Å². The van der Waals surface area contributed by atoms with E-state index in [-0.39, 0.29) is 4.75 Å². The average Bonchev–Trinajstić information content (AvgIpc) is 3.15. The van der Waals surface area contributed by atoms with Crippen LogP contribution in [0.3, 0.4) is 0 Å².